The van der Waals surface area contributed by atoms with Gasteiger partial charge in [0, 0.05) is 25.4 Å². The van der Waals surface area contributed by atoms with E-state index in [2.05, 4.69) is 39.2 Å². The van der Waals surface area contributed by atoms with Crippen LogP contribution in [0, 0.1) is 12.8 Å². The quantitative estimate of drug-likeness (QED) is 0.885. The average Bonchev–Trinajstić information content (AvgIpc) is 2.39. The van der Waals surface area contributed by atoms with E-state index in [1.165, 1.54) is 19.4 Å². The Labute approximate surface area is 122 Å². The molecule has 1 aliphatic heterocycles. The fourth-order valence-electron chi connectivity index (χ4n) is 2.87. The molecule has 5 heteroatoms. The molecule has 1 fully saturated rings. The van der Waals surface area contributed by atoms with Gasteiger partial charge in [-0.2, -0.15) is 0 Å². The second kappa shape index (κ2) is 6.99. The fourth-order valence-corrected chi connectivity index (χ4v) is 2.87. The van der Waals surface area contributed by atoms with E-state index < -0.39 is 0 Å². The highest BCUT2D eigenvalue weighted by Crippen LogP contribution is 2.19. The first-order valence-electron chi connectivity index (χ1n) is 7.46. The maximum Gasteiger partial charge on any atom is 0.144 e. The Bertz CT molecular complexity index is 424. The van der Waals surface area contributed by atoms with Crippen LogP contribution in [0.5, 0.6) is 0 Å². The van der Waals surface area contributed by atoms with Gasteiger partial charge < -0.3 is 10.2 Å². The Morgan fingerprint density at radius 1 is 1.30 bits per heavy atom. The molecule has 2 heterocycles. The summed E-state index contributed by atoms with van der Waals surface area (Å²) in [5.74, 6) is 2.68. The van der Waals surface area contributed by atoms with Gasteiger partial charge in [-0.3, -0.25) is 4.90 Å². The Balaban J connectivity index is 1.87. The lowest BCUT2D eigenvalue weighted by molar-refractivity contribution is 0.154. The molecule has 2 rings (SSSR count). The van der Waals surface area contributed by atoms with Crippen LogP contribution in [0.4, 0.5) is 5.82 Å². The van der Waals surface area contributed by atoms with E-state index in [4.69, 9.17) is 0 Å². The van der Waals surface area contributed by atoms with E-state index in [0.717, 1.165) is 42.9 Å². The molecule has 5 nitrogen and oxygen atoms in total. The molecule has 20 heavy (non-hydrogen) atoms. The molecule has 0 bridgehead atoms. The van der Waals surface area contributed by atoms with Crippen LogP contribution in [-0.4, -0.2) is 60.5 Å². The topological polar surface area (TPSA) is 44.3 Å². The van der Waals surface area contributed by atoms with E-state index in [0.29, 0.717) is 0 Å². The zero-order valence-electron chi connectivity index (χ0n) is 13.2. The monoisotopic (exact) mass is 277 g/mol. The molecular weight excluding hydrogens is 250 g/mol. The molecule has 0 saturated carbocycles. The normalized spacial score (nSPS) is 17.6. The second-order valence-electron chi connectivity index (χ2n) is 6.04. The lowest BCUT2D eigenvalue weighted by Gasteiger charge is -2.32. The number of rotatable bonds is 5. The minimum absolute atomic E-state index is 0.840. The maximum atomic E-state index is 4.54. The summed E-state index contributed by atoms with van der Waals surface area (Å²) in [6.07, 6.45) is 2.56. The van der Waals surface area contributed by atoms with E-state index >= 15 is 0 Å². The van der Waals surface area contributed by atoms with E-state index in [1.54, 1.807) is 0 Å². The summed E-state index contributed by atoms with van der Waals surface area (Å²) >= 11 is 0. The van der Waals surface area contributed by atoms with Gasteiger partial charge in [0.25, 0.3) is 0 Å². The van der Waals surface area contributed by atoms with Gasteiger partial charge in [-0.1, -0.05) is 0 Å². The van der Waals surface area contributed by atoms with Crippen LogP contribution in [0.1, 0.15) is 24.4 Å². The Morgan fingerprint density at radius 2 is 2.00 bits per heavy atom. The van der Waals surface area contributed by atoms with Crippen molar-refractivity contribution < 1.29 is 0 Å². The SMILES string of the molecule is CNc1cc(C)nc(CN2CCC(CN(C)C)CC2)n1. The molecule has 0 spiro atoms. The van der Waals surface area contributed by atoms with E-state index in [9.17, 15) is 0 Å². The summed E-state index contributed by atoms with van der Waals surface area (Å²) < 4.78 is 0. The minimum Gasteiger partial charge on any atom is -0.373 e. The van der Waals surface area contributed by atoms with Crippen molar-refractivity contribution in [1.29, 1.82) is 0 Å². The molecule has 112 valence electrons. The molecule has 1 saturated heterocycles. The minimum atomic E-state index is 0.840. The molecular formula is C15H27N5. The average molecular weight is 277 g/mol. The Kier molecular flexibility index (Phi) is 5.31. The van der Waals surface area contributed by atoms with Gasteiger partial charge >= 0.3 is 0 Å². The van der Waals surface area contributed by atoms with Crippen molar-refractivity contribution in [2.75, 3.05) is 46.1 Å². The summed E-state index contributed by atoms with van der Waals surface area (Å²) in [6.45, 7) is 6.41. The highest BCUT2D eigenvalue weighted by Gasteiger charge is 2.20. The van der Waals surface area contributed by atoms with Crippen LogP contribution in [0.25, 0.3) is 0 Å². The van der Waals surface area contributed by atoms with Crippen molar-refractivity contribution in [2.45, 2.75) is 26.3 Å². The predicted octanol–water partition coefficient (Wildman–Crippen LogP) is 1.60. The van der Waals surface area contributed by atoms with Crippen LogP contribution in [0.15, 0.2) is 6.07 Å². The molecule has 1 N–H and O–H groups in total. The number of anilines is 1. The third-order valence-corrected chi connectivity index (χ3v) is 3.85. The third-order valence-electron chi connectivity index (χ3n) is 3.85. The van der Waals surface area contributed by atoms with Crippen molar-refractivity contribution >= 4 is 5.82 Å². The standard InChI is InChI=1S/C15H27N5/c1-12-9-14(16-2)18-15(17-12)11-20-7-5-13(6-8-20)10-19(3)4/h9,13H,5-8,10-11H2,1-4H3,(H,16,17,18). The highest BCUT2D eigenvalue weighted by molar-refractivity contribution is 5.34. The van der Waals surface area contributed by atoms with Crippen LogP contribution >= 0.6 is 0 Å². The number of piperidine rings is 1. The van der Waals surface area contributed by atoms with Crippen molar-refractivity contribution in [2.24, 2.45) is 5.92 Å². The fraction of sp³-hybridized carbons (Fsp3) is 0.733. The summed E-state index contributed by atoms with van der Waals surface area (Å²) in [6, 6.07) is 1.98. The molecule has 0 aliphatic carbocycles. The van der Waals surface area contributed by atoms with E-state index in [1.807, 2.05) is 20.0 Å². The molecule has 0 aromatic carbocycles. The smallest absolute Gasteiger partial charge is 0.144 e. The maximum absolute atomic E-state index is 4.54. The highest BCUT2D eigenvalue weighted by atomic mass is 15.2. The Hall–Kier alpha value is -1.20. The van der Waals surface area contributed by atoms with Gasteiger partial charge in [-0.05, 0) is 52.9 Å². The molecule has 0 amide bonds. The predicted molar refractivity (Wildman–Crippen MR) is 82.9 cm³/mol. The molecule has 0 atom stereocenters. The number of nitrogens with one attached hydrogen (secondary N) is 1. The van der Waals surface area contributed by atoms with Gasteiger partial charge in [-0.25, -0.2) is 9.97 Å². The van der Waals surface area contributed by atoms with Crippen LogP contribution in [-0.2, 0) is 6.54 Å². The molecule has 1 aromatic rings. The zero-order valence-corrected chi connectivity index (χ0v) is 13.2. The van der Waals surface area contributed by atoms with Gasteiger partial charge in [0.15, 0.2) is 0 Å². The van der Waals surface area contributed by atoms with Crippen LogP contribution in [0.3, 0.4) is 0 Å². The van der Waals surface area contributed by atoms with Crippen molar-refractivity contribution in [1.82, 2.24) is 19.8 Å². The van der Waals surface area contributed by atoms with Crippen LogP contribution in [0.2, 0.25) is 0 Å². The number of likely N-dealkylation sites (tertiary alicyclic amines) is 1. The number of nitrogens with zero attached hydrogens (tertiary/aromatic N) is 4. The molecule has 0 unspecified atom stereocenters. The lowest BCUT2D eigenvalue weighted by Crippen LogP contribution is -2.37. The first-order valence-corrected chi connectivity index (χ1v) is 7.46. The largest absolute Gasteiger partial charge is 0.373 e. The Morgan fingerprint density at radius 3 is 2.60 bits per heavy atom. The van der Waals surface area contributed by atoms with Crippen molar-refractivity contribution in [3.8, 4) is 0 Å². The summed E-state index contributed by atoms with van der Waals surface area (Å²) in [5, 5.41) is 3.10. The summed E-state index contributed by atoms with van der Waals surface area (Å²) in [4.78, 5) is 13.9. The van der Waals surface area contributed by atoms with Gasteiger partial charge in [0.05, 0.1) is 6.54 Å². The van der Waals surface area contributed by atoms with Crippen molar-refractivity contribution in [3.63, 3.8) is 0 Å². The first kappa shape index (κ1) is 15.2. The summed E-state index contributed by atoms with van der Waals surface area (Å²) in [5.41, 5.74) is 1.03. The van der Waals surface area contributed by atoms with Crippen LogP contribution < -0.4 is 5.32 Å². The van der Waals surface area contributed by atoms with Gasteiger partial charge in [0.1, 0.15) is 11.6 Å². The van der Waals surface area contributed by atoms with E-state index in [-0.39, 0.29) is 0 Å². The second-order valence-corrected chi connectivity index (χ2v) is 6.04. The number of aryl methyl sites for hydroxylation is 1. The number of hydrogen-bond donors (Lipinski definition) is 1. The summed E-state index contributed by atoms with van der Waals surface area (Å²) in [7, 11) is 6.22. The third kappa shape index (κ3) is 4.42. The van der Waals surface area contributed by atoms with Gasteiger partial charge in [0.2, 0.25) is 0 Å². The zero-order chi connectivity index (χ0) is 14.5. The molecule has 0 radical (unpaired) electrons. The molecule has 1 aliphatic rings. The number of aromatic nitrogens is 2. The number of hydrogen-bond acceptors (Lipinski definition) is 5. The molecule has 1 aromatic heterocycles. The lowest BCUT2D eigenvalue weighted by atomic mass is 9.96. The van der Waals surface area contributed by atoms with Crippen molar-refractivity contribution in [3.05, 3.63) is 17.6 Å². The first-order chi connectivity index (χ1) is 9.56. The van der Waals surface area contributed by atoms with Gasteiger partial charge in [-0.15, -0.1) is 0 Å².